The normalized spacial score (nSPS) is 19.3. The van der Waals surface area contributed by atoms with E-state index in [1.54, 1.807) is 6.20 Å². The Balaban J connectivity index is 2.12. The standard InChI is InChI=1S/C15H19FN4O/c1-15(2,10-3-4-18-7-10)20-8-9-5-11(16)6-12(14(17)21)13(9)19-20/h5-6,8,10,18H,3-4,7H2,1-2H3,(H2,17,21). The lowest BCUT2D eigenvalue weighted by Gasteiger charge is -2.31. The molecule has 1 aromatic heterocycles. The Kier molecular flexibility index (Phi) is 3.20. The topological polar surface area (TPSA) is 72.9 Å². The van der Waals surface area contributed by atoms with E-state index in [1.165, 1.54) is 6.07 Å². The van der Waals surface area contributed by atoms with Crippen molar-refractivity contribution in [2.45, 2.75) is 25.8 Å². The third-order valence-corrected chi connectivity index (χ3v) is 4.49. The predicted molar refractivity (Wildman–Crippen MR) is 78.5 cm³/mol. The van der Waals surface area contributed by atoms with Gasteiger partial charge in [-0.25, -0.2) is 4.39 Å². The molecule has 21 heavy (non-hydrogen) atoms. The molecule has 1 atom stereocenters. The molecule has 3 N–H and O–H groups in total. The Bertz CT molecular complexity index is 701. The molecule has 1 saturated heterocycles. The van der Waals surface area contributed by atoms with Gasteiger partial charge in [0, 0.05) is 18.1 Å². The number of aromatic nitrogens is 2. The third-order valence-electron chi connectivity index (χ3n) is 4.49. The van der Waals surface area contributed by atoms with Gasteiger partial charge in [0.15, 0.2) is 0 Å². The van der Waals surface area contributed by atoms with Gasteiger partial charge in [0.1, 0.15) is 11.3 Å². The molecule has 1 unspecified atom stereocenters. The van der Waals surface area contributed by atoms with E-state index in [0.717, 1.165) is 25.6 Å². The fourth-order valence-corrected chi connectivity index (χ4v) is 3.03. The third kappa shape index (κ3) is 2.29. The van der Waals surface area contributed by atoms with E-state index in [9.17, 15) is 9.18 Å². The number of carbonyl (C=O) groups excluding carboxylic acids is 1. The molecule has 2 heterocycles. The Hall–Kier alpha value is -1.95. The zero-order valence-corrected chi connectivity index (χ0v) is 12.2. The lowest BCUT2D eigenvalue weighted by molar-refractivity contribution is 0.100. The first-order valence-electron chi connectivity index (χ1n) is 7.09. The van der Waals surface area contributed by atoms with Gasteiger partial charge in [-0.1, -0.05) is 0 Å². The number of nitrogens with one attached hydrogen (secondary N) is 1. The molecule has 0 aliphatic carbocycles. The minimum Gasteiger partial charge on any atom is -0.366 e. The second kappa shape index (κ2) is 4.80. The number of nitrogens with two attached hydrogens (primary N) is 1. The van der Waals surface area contributed by atoms with E-state index in [2.05, 4.69) is 24.3 Å². The molecule has 1 aromatic carbocycles. The largest absolute Gasteiger partial charge is 0.366 e. The van der Waals surface area contributed by atoms with Crippen LogP contribution in [0.1, 0.15) is 30.6 Å². The monoisotopic (exact) mass is 290 g/mol. The second-order valence-electron chi connectivity index (χ2n) is 6.17. The molecule has 0 saturated carbocycles. The summed E-state index contributed by atoms with van der Waals surface area (Å²) in [5, 5.41) is 8.46. The van der Waals surface area contributed by atoms with Crippen LogP contribution >= 0.6 is 0 Å². The van der Waals surface area contributed by atoms with Crippen LogP contribution in [0.3, 0.4) is 0 Å². The van der Waals surface area contributed by atoms with Crippen LogP contribution in [0.25, 0.3) is 10.9 Å². The number of amides is 1. The van der Waals surface area contributed by atoms with Crippen LogP contribution in [0.4, 0.5) is 4.39 Å². The molecular formula is C15H19FN4O. The zero-order valence-electron chi connectivity index (χ0n) is 12.2. The molecule has 1 amide bonds. The van der Waals surface area contributed by atoms with E-state index < -0.39 is 11.7 Å². The van der Waals surface area contributed by atoms with Crippen molar-refractivity contribution in [3.8, 4) is 0 Å². The number of primary amides is 1. The number of halogens is 1. The quantitative estimate of drug-likeness (QED) is 0.902. The average molecular weight is 290 g/mol. The van der Waals surface area contributed by atoms with Gasteiger partial charge in [0.05, 0.1) is 11.1 Å². The number of hydrogen-bond acceptors (Lipinski definition) is 3. The first-order valence-corrected chi connectivity index (χ1v) is 7.09. The van der Waals surface area contributed by atoms with Crippen molar-refractivity contribution in [3.05, 3.63) is 29.7 Å². The van der Waals surface area contributed by atoms with Crippen LogP contribution in [0.5, 0.6) is 0 Å². The molecule has 6 heteroatoms. The summed E-state index contributed by atoms with van der Waals surface area (Å²) in [6.07, 6.45) is 2.86. The van der Waals surface area contributed by atoms with E-state index in [-0.39, 0.29) is 11.1 Å². The summed E-state index contributed by atoms with van der Waals surface area (Å²) >= 11 is 0. The first-order chi connectivity index (χ1) is 9.89. The molecule has 0 radical (unpaired) electrons. The Labute approximate surface area is 122 Å². The molecule has 112 valence electrons. The van der Waals surface area contributed by atoms with Crippen LogP contribution in [0.2, 0.25) is 0 Å². The molecule has 1 aliphatic rings. The Morgan fingerprint density at radius 1 is 1.52 bits per heavy atom. The highest BCUT2D eigenvalue weighted by Gasteiger charge is 2.34. The van der Waals surface area contributed by atoms with Gasteiger partial charge in [0.25, 0.3) is 5.91 Å². The SMILES string of the molecule is CC(C)(C1CCNC1)n1cc2cc(F)cc(C(N)=O)c2n1. The molecule has 1 fully saturated rings. The fourth-order valence-electron chi connectivity index (χ4n) is 3.03. The highest BCUT2D eigenvalue weighted by Crippen LogP contribution is 2.31. The van der Waals surface area contributed by atoms with Gasteiger partial charge in [0.2, 0.25) is 0 Å². The summed E-state index contributed by atoms with van der Waals surface area (Å²) in [5.41, 5.74) is 5.70. The summed E-state index contributed by atoms with van der Waals surface area (Å²) in [5.74, 6) is -0.699. The lowest BCUT2D eigenvalue weighted by atomic mass is 9.87. The van der Waals surface area contributed by atoms with Crippen LogP contribution in [0.15, 0.2) is 18.3 Å². The van der Waals surface area contributed by atoms with Crippen molar-refractivity contribution < 1.29 is 9.18 Å². The summed E-state index contributed by atoms with van der Waals surface area (Å²) in [6, 6.07) is 2.53. The summed E-state index contributed by atoms with van der Waals surface area (Å²) in [6.45, 7) is 6.14. The lowest BCUT2D eigenvalue weighted by Crippen LogP contribution is -2.37. The first kappa shape index (κ1) is 14.0. The van der Waals surface area contributed by atoms with Crippen molar-refractivity contribution in [3.63, 3.8) is 0 Å². The van der Waals surface area contributed by atoms with E-state index in [0.29, 0.717) is 16.8 Å². The summed E-state index contributed by atoms with van der Waals surface area (Å²) in [4.78, 5) is 11.5. The van der Waals surface area contributed by atoms with Gasteiger partial charge in [-0.15, -0.1) is 0 Å². The minimum atomic E-state index is -0.662. The zero-order chi connectivity index (χ0) is 15.2. The second-order valence-corrected chi connectivity index (χ2v) is 6.17. The smallest absolute Gasteiger partial charge is 0.251 e. The maximum Gasteiger partial charge on any atom is 0.251 e. The predicted octanol–water partition coefficient (Wildman–Crippen LogP) is 1.62. The maximum atomic E-state index is 13.6. The van der Waals surface area contributed by atoms with Crippen LogP contribution in [-0.4, -0.2) is 28.8 Å². The van der Waals surface area contributed by atoms with Gasteiger partial charge < -0.3 is 11.1 Å². The maximum absolute atomic E-state index is 13.6. The number of hydrogen-bond donors (Lipinski definition) is 2. The molecule has 0 bridgehead atoms. The number of carbonyl (C=O) groups is 1. The summed E-state index contributed by atoms with van der Waals surface area (Å²) < 4.78 is 15.4. The number of rotatable bonds is 3. The Morgan fingerprint density at radius 3 is 2.90 bits per heavy atom. The van der Waals surface area contributed by atoms with Gasteiger partial charge in [-0.05, 0) is 44.9 Å². The van der Waals surface area contributed by atoms with Crippen LogP contribution in [-0.2, 0) is 5.54 Å². The van der Waals surface area contributed by atoms with Gasteiger partial charge >= 0.3 is 0 Å². The number of benzene rings is 1. The van der Waals surface area contributed by atoms with Crippen LogP contribution < -0.4 is 11.1 Å². The number of fused-ring (bicyclic) bond motifs is 1. The molecule has 0 spiro atoms. The van der Waals surface area contributed by atoms with E-state index in [4.69, 9.17) is 5.73 Å². The van der Waals surface area contributed by atoms with Gasteiger partial charge in [-0.3, -0.25) is 9.48 Å². The Morgan fingerprint density at radius 2 is 2.29 bits per heavy atom. The average Bonchev–Trinajstić information content (AvgIpc) is 3.06. The molecule has 3 rings (SSSR count). The summed E-state index contributed by atoms with van der Waals surface area (Å²) in [7, 11) is 0. The highest BCUT2D eigenvalue weighted by atomic mass is 19.1. The minimum absolute atomic E-state index is 0.129. The van der Waals surface area contributed by atoms with Crippen molar-refractivity contribution in [1.29, 1.82) is 0 Å². The van der Waals surface area contributed by atoms with Crippen molar-refractivity contribution in [2.75, 3.05) is 13.1 Å². The van der Waals surface area contributed by atoms with E-state index >= 15 is 0 Å². The number of nitrogens with zero attached hydrogens (tertiary/aromatic N) is 2. The van der Waals surface area contributed by atoms with Crippen molar-refractivity contribution in [2.24, 2.45) is 11.7 Å². The fraction of sp³-hybridized carbons (Fsp3) is 0.467. The molecule has 2 aromatic rings. The molecule has 1 aliphatic heterocycles. The van der Waals surface area contributed by atoms with Crippen molar-refractivity contribution >= 4 is 16.8 Å². The van der Waals surface area contributed by atoms with Gasteiger partial charge in [-0.2, -0.15) is 5.10 Å². The molecular weight excluding hydrogens is 271 g/mol. The molecule has 5 nitrogen and oxygen atoms in total. The highest BCUT2D eigenvalue weighted by molar-refractivity contribution is 6.04. The van der Waals surface area contributed by atoms with Crippen molar-refractivity contribution in [1.82, 2.24) is 15.1 Å². The van der Waals surface area contributed by atoms with Crippen LogP contribution in [0, 0.1) is 11.7 Å². The van der Waals surface area contributed by atoms with E-state index in [1.807, 2.05) is 4.68 Å².